The summed E-state index contributed by atoms with van der Waals surface area (Å²) in [6, 6.07) is 0. The molecule has 0 aromatic carbocycles. The molecule has 2 nitrogen and oxygen atoms in total. The Morgan fingerprint density at radius 2 is 2.40 bits per heavy atom. The van der Waals surface area contributed by atoms with Crippen molar-refractivity contribution in [3.63, 3.8) is 0 Å². The van der Waals surface area contributed by atoms with E-state index in [1.807, 2.05) is 0 Å². The first-order valence-electron chi connectivity index (χ1n) is 3.26. The molecule has 0 aliphatic heterocycles. The maximum atomic E-state index is 10.8. The van der Waals surface area contributed by atoms with Crippen molar-refractivity contribution in [3.8, 4) is 0 Å². The topological polar surface area (TPSA) is 26.3 Å². The molecule has 1 aliphatic carbocycles. The van der Waals surface area contributed by atoms with Crippen molar-refractivity contribution in [1.29, 1.82) is 0 Å². The number of carbonyl (C=O) groups excluding carboxylic acids is 1. The van der Waals surface area contributed by atoms with Gasteiger partial charge in [0.15, 0.2) is 0 Å². The highest BCUT2D eigenvalue weighted by atomic mass is 79.9. The second-order valence-electron chi connectivity index (χ2n) is 2.27. The molecule has 10 heavy (non-hydrogen) atoms. The summed E-state index contributed by atoms with van der Waals surface area (Å²) in [5.74, 6) is 0.161. The van der Waals surface area contributed by atoms with Crippen LogP contribution in [0.25, 0.3) is 0 Å². The number of ether oxygens (including phenoxy) is 1. The first-order chi connectivity index (χ1) is 4.84. The largest absolute Gasteiger partial charge is 0.461 e. The fraction of sp³-hybridized carbons (Fsp3) is 0.571. The SMILES string of the molecule is O=C(OC/C=C/Br)C1CC1. The average Bonchev–Trinajstić information content (AvgIpc) is 2.69. The van der Waals surface area contributed by atoms with E-state index in [0.29, 0.717) is 6.61 Å². The van der Waals surface area contributed by atoms with Crippen LogP contribution in [0.4, 0.5) is 0 Å². The van der Waals surface area contributed by atoms with Crippen molar-refractivity contribution in [2.45, 2.75) is 12.8 Å². The molecule has 0 radical (unpaired) electrons. The third-order valence-corrected chi connectivity index (χ3v) is 1.70. The van der Waals surface area contributed by atoms with Crippen molar-refractivity contribution in [3.05, 3.63) is 11.1 Å². The zero-order chi connectivity index (χ0) is 7.40. The molecule has 0 amide bonds. The molecule has 56 valence electrons. The second kappa shape index (κ2) is 3.76. The summed E-state index contributed by atoms with van der Waals surface area (Å²) in [6.07, 6.45) is 3.77. The van der Waals surface area contributed by atoms with Crippen molar-refractivity contribution in [2.24, 2.45) is 5.92 Å². The Hall–Kier alpha value is -0.310. The lowest BCUT2D eigenvalue weighted by Crippen LogP contribution is -2.05. The average molecular weight is 205 g/mol. The molecule has 0 bridgehead atoms. The summed E-state index contributed by atoms with van der Waals surface area (Å²) in [5, 5.41) is 0. The van der Waals surface area contributed by atoms with Crippen molar-refractivity contribution in [2.75, 3.05) is 6.61 Å². The smallest absolute Gasteiger partial charge is 0.309 e. The summed E-state index contributed by atoms with van der Waals surface area (Å²) in [7, 11) is 0. The van der Waals surface area contributed by atoms with Gasteiger partial charge in [0, 0.05) is 0 Å². The van der Waals surface area contributed by atoms with Crippen LogP contribution in [0.1, 0.15) is 12.8 Å². The van der Waals surface area contributed by atoms with Gasteiger partial charge < -0.3 is 4.74 Å². The Morgan fingerprint density at radius 3 is 2.90 bits per heavy atom. The number of esters is 1. The zero-order valence-corrected chi connectivity index (χ0v) is 7.13. The fourth-order valence-corrected chi connectivity index (χ4v) is 0.756. The maximum absolute atomic E-state index is 10.8. The van der Waals surface area contributed by atoms with Crippen LogP contribution in [-0.4, -0.2) is 12.6 Å². The van der Waals surface area contributed by atoms with Gasteiger partial charge in [-0.1, -0.05) is 15.9 Å². The van der Waals surface area contributed by atoms with Crippen LogP contribution in [0.15, 0.2) is 11.1 Å². The van der Waals surface area contributed by atoms with Gasteiger partial charge in [0.2, 0.25) is 0 Å². The number of halogens is 1. The highest BCUT2D eigenvalue weighted by Gasteiger charge is 2.30. The first kappa shape index (κ1) is 7.79. The molecule has 1 saturated carbocycles. The quantitative estimate of drug-likeness (QED) is 0.657. The molecule has 0 saturated heterocycles. The van der Waals surface area contributed by atoms with Gasteiger partial charge in [0.05, 0.1) is 5.92 Å². The highest BCUT2D eigenvalue weighted by molar-refractivity contribution is 9.11. The van der Waals surface area contributed by atoms with E-state index in [0.717, 1.165) is 12.8 Å². The molecule has 1 aliphatic rings. The standard InChI is InChI=1S/C7H9BrO2/c8-4-1-5-10-7(9)6-2-3-6/h1,4,6H,2-3,5H2/b4-1+. The van der Waals surface area contributed by atoms with Gasteiger partial charge in [-0.15, -0.1) is 0 Å². The van der Waals surface area contributed by atoms with Gasteiger partial charge in [0.25, 0.3) is 0 Å². The first-order valence-corrected chi connectivity index (χ1v) is 4.18. The molecule has 0 aromatic heterocycles. The molecule has 0 spiro atoms. The van der Waals surface area contributed by atoms with E-state index in [4.69, 9.17) is 4.74 Å². The molecule has 0 N–H and O–H groups in total. The Labute approximate surface area is 68.4 Å². The summed E-state index contributed by atoms with van der Waals surface area (Å²) in [4.78, 5) is 12.5. The Bertz CT molecular complexity index is 150. The molecule has 1 rings (SSSR count). The zero-order valence-electron chi connectivity index (χ0n) is 5.55. The number of hydrogen-bond donors (Lipinski definition) is 0. The molecule has 0 unspecified atom stereocenters. The van der Waals surface area contributed by atoms with E-state index in [-0.39, 0.29) is 11.9 Å². The monoisotopic (exact) mass is 204 g/mol. The van der Waals surface area contributed by atoms with Gasteiger partial charge >= 0.3 is 5.97 Å². The van der Waals surface area contributed by atoms with Crippen molar-refractivity contribution in [1.82, 2.24) is 0 Å². The highest BCUT2D eigenvalue weighted by Crippen LogP contribution is 2.29. The van der Waals surface area contributed by atoms with Crippen LogP contribution in [0.5, 0.6) is 0 Å². The van der Waals surface area contributed by atoms with E-state index in [2.05, 4.69) is 15.9 Å². The molecular weight excluding hydrogens is 196 g/mol. The molecule has 3 heteroatoms. The molecule has 1 fully saturated rings. The summed E-state index contributed by atoms with van der Waals surface area (Å²) in [6.45, 7) is 0.389. The minimum Gasteiger partial charge on any atom is -0.461 e. The Balaban J connectivity index is 2.06. The van der Waals surface area contributed by atoms with E-state index in [1.165, 1.54) is 0 Å². The number of carbonyl (C=O) groups is 1. The molecule has 0 atom stereocenters. The van der Waals surface area contributed by atoms with Gasteiger partial charge in [-0.3, -0.25) is 4.79 Å². The summed E-state index contributed by atoms with van der Waals surface area (Å²) < 4.78 is 4.85. The minimum atomic E-state index is -0.0504. The van der Waals surface area contributed by atoms with E-state index in [9.17, 15) is 4.79 Å². The normalized spacial score (nSPS) is 17.7. The third kappa shape index (κ3) is 2.52. The minimum absolute atomic E-state index is 0.0504. The van der Waals surface area contributed by atoms with Crippen LogP contribution >= 0.6 is 15.9 Å². The predicted molar refractivity (Wildman–Crippen MR) is 41.8 cm³/mol. The third-order valence-electron chi connectivity index (χ3n) is 1.32. The molecular formula is C7H9BrO2. The molecule has 0 heterocycles. The lowest BCUT2D eigenvalue weighted by atomic mass is 10.4. The lowest BCUT2D eigenvalue weighted by molar-refractivity contribution is -0.143. The lowest BCUT2D eigenvalue weighted by Gasteiger charge is -1.96. The van der Waals surface area contributed by atoms with Crippen LogP contribution in [-0.2, 0) is 9.53 Å². The Morgan fingerprint density at radius 1 is 1.70 bits per heavy atom. The second-order valence-corrected chi connectivity index (χ2v) is 2.79. The van der Waals surface area contributed by atoms with E-state index in [1.54, 1.807) is 11.1 Å². The van der Waals surface area contributed by atoms with Crippen molar-refractivity contribution < 1.29 is 9.53 Å². The van der Waals surface area contributed by atoms with E-state index >= 15 is 0 Å². The number of hydrogen-bond acceptors (Lipinski definition) is 2. The van der Waals surface area contributed by atoms with Gasteiger partial charge in [0.1, 0.15) is 6.61 Å². The maximum Gasteiger partial charge on any atom is 0.309 e. The van der Waals surface area contributed by atoms with Gasteiger partial charge in [-0.25, -0.2) is 0 Å². The van der Waals surface area contributed by atoms with Crippen LogP contribution < -0.4 is 0 Å². The van der Waals surface area contributed by atoms with Gasteiger partial charge in [-0.05, 0) is 23.9 Å². The molecule has 0 aromatic rings. The Kier molecular flexibility index (Phi) is 2.93. The van der Waals surface area contributed by atoms with E-state index < -0.39 is 0 Å². The summed E-state index contributed by atoms with van der Waals surface area (Å²) in [5.41, 5.74) is 0. The van der Waals surface area contributed by atoms with Crippen LogP contribution in [0.3, 0.4) is 0 Å². The van der Waals surface area contributed by atoms with Crippen LogP contribution in [0.2, 0.25) is 0 Å². The summed E-state index contributed by atoms with van der Waals surface area (Å²) >= 11 is 3.08. The van der Waals surface area contributed by atoms with Gasteiger partial charge in [-0.2, -0.15) is 0 Å². The fourth-order valence-electron chi connectivity index (χ4n) is 0.604. The van der Waals surface area contributed by atoms with Crippen molar-refractivity contribution >= 4 is 21.9 Å². The number of rotatable bonds is 3. The van der Waals surface area contributed by atoms with Crippen LogP contribution in [0, 0.1) is 5.92 Å². The predicted octanol–water partition coefficient (Wildman–Crippen LogP) is 1.85.